The minimum Gasteiger partial charge on any atom is -0.378 e. The molecule has 7 nitrogen and oxygen atoms in total. The number of aliphatic imine (C=N–C) groups is 1. The number of rotatable bonds is 5. The number of morpholine rings is 2. The fourth-order valence-corrected chi connectivity index (χ4v) is 5.11. The molecule has 0 bridgehead atoms. The molecule has 0 saturated carbocycles. The Morgan fingerprint density at radius 1 is 0.941 bits per heavy atom. The highest BCUT2D eigenvalue weighted by Crippen LogP contribution is 2.25. The van der Waals surface area contributed by atoms with Gasteiger partial charge in [0.1, 0.15) is 0 Å². The first-order valence-corrected chi connectivity index (χ1v) is 12.1. The molecule has 1 N–H and O–H groups in total. The van der Waals surface area contributed by atoms with Gasteiger partial charge in [-0.25, -0.2) is 0 Å². The number of guanidine groups is 1. The van der Waals surface area contributed by atoms with Crippen molar-refractivity contribution in [1.82, 2.24) is 15.1 Å². The minimum absolute atomic E-state index is 0. The van der Waals surface area contributed by atoms with Gasteiger partial charge < -0.3 is 24.6 Å². The lowest BCUT2D eigenvalue weighted by atomic mass is 10.1. The van der Waals surface area contributed by atoms with Gasteiger partial charge in [-0.05, 0) is 23.3 Å². The summed E-state index contributed by atoms with van der Waals surface area (Å²) in [5, 5.41) is 3.57. The summed E-state index contributed by atoms with van der Waals surface area (Å²) in [4.78, 5) is 11.9. The van der Waals surface area contributed by atoms with Crippen LogP contribution in [0.25, 0.3) is 0 Å². The normalized spacial score (nSPS) is 23.4. The van der Waals surface area contributed by atoms with Gasteiger partial charge in [0.2, 0.25) is 0 Å². The first-order valence-electron chi connectivity index (χ1n) is 12.1. The van der Waals surface area contributed by atoms with Gasteiger partial charge in [-0.1, -0.05) is 42.5 Å². The van der Waals surface area contributed by atoms with E-state index in [0.29, 0.717) is 6.04 Å². The molecule has 3 fully saturated rings. The van der Waals surface area contributed by atoms with Gasteiger partial charge in [0.15, 0.2) is 5.96 Å². The third-order valence-electron chi connectivity index (χ3n) is 6.92. The summed E-state index contributed by atoms with van der Waals surface area (Å²) in [6.07, 6.45) is 0.230. The maximum atomic E-state index is 6.15. The average molecular weight is 578 g/mol. The summed E-state index contributed by atoms with van der Waals surface area (Å²) in [7, 11) is 1.87. The SMILES string of the molecule is CN=C(NCc1ccc(N2CCOCC2)cc1)N1CC2OCCN(Cc3ccccc3)C2C1.I. The van der Waals surface area contributed by atoms with Crippen molar-refractivity contribution in [2.75, 3.05) is 64.5 Å². The van der Waals surface area contributed by atoms with Gasteiger partial charge in [0.05, 0.1) is 32.0 Å². The molecule has 3 aliphatic heterocycles. The van der Waals surface area contributed by atoms with Crippen LogP contribution < -0.4 is 10.2 Å². The predicted octanol–water partition coefficient (Wildman–Crippen LogP) is 2.80. The molecule has 2 atom stereocenters. The largest absolute Gasteiger partial charge is 0.378 e. The van der Waals surface area contributed by atoms with Gasteiger partial charge in [-0.2, -0.15) is 0 Å². The molecular weight excluding hydrogens is 541 g/mol. The molecule has 2 aromatic carbocycles. The fraction of sp³-hybridized carbons (Fsp3) is 0.500. The molecule has 8 heteroatoms. The zero-order chi connectivity index (χ0) is 22.5. The summed E-state index contributed by atoms with van der Waals surface area (Å²) >= 11 is 0. The molecule has 2 unspecified atom stereocenters. The minimum atomic E-state index is 0. The van der Waals surface area contributed by atoms with Crippen LogP contribution in [-0.4, -0.2) is 87.5 Å². The van der Waals surface area contributed by atoms with E-state index in [-0.39, 0.29) is 30.1 Å². The second kappa shape index (κ2) is 12.2. The summed E-state index contributed by atoms with van der Waals surface area (Å²) < 4.78 is 11.6. The highest BCUT2D eigenvalue weighted by atomic mass is 127. The predicted molar refractivity (Wildman–Crippen MR) is 147 cm³/mol. The highest BCUT2D eigenvalue weighted by molar-refractivity contribution is 14.0. The lowest BCUT2D eigenvalue weighted by Gasteiger charge is -2.36. The zero-order valence-corrected chi connectivity index (χ0v) is 22.3. The van der Waals surface area contributed by atoms with Crippen LogP contribution in [0.5, 0.6) is 0 Å². The zero-order valence-electron chi connectivity index (χ0n) is 19.9. The third-order valence-corrected chi connectivity index (χ3v) is 6.92. The Balaban J connectivity index is 0.00000274. The third kappa shape index (κ3) is 6.02. The van der Waals surface area contributed by atoms with E-state index in [1.807, 2.05) is 7.05 Å². The lowest BCUT2D eigenvalue weighted by molar-refractivity contribution is -0.0502. The summed E-state index contributed by atoms with van der Waals surface area (Å²) in [5.74, 6) is 0.949. The van der Waals surface area contributed by atoms with Gasteiger partial charge in [0, 0.05) is 58.5 Å². The van der Waals surface area contributed by atoms with E-state index in [0.717, 1.165) is 71.6 Å². The average Bonchev–Trinajstić information content (AvgIpc) is 3.31. The second-order valence-electron chi connectivity index (χ2n) is 9.00. The standard InChI is InChI=1S/C26H35N5O2.HI/c1-27-26(28-17-21-7-9-23(10-8-21)29-11-14-32-15-12-29)31-19-24-25(20-31)33-16-13-30(24)18-22-5-3-2-4-6-22;/h2-10,24-25H,11-20H2,1H3,(H,27,28);1H. The van der Waals surface area contributed by atoms with Crippen molar-refractivity contribution >= 4 is 35.6 Å². The van der Waals surface area contributed by atoms with Crippen molar-refractivity contribution in [1.29, 1.82) is 0 Å². The van der Waals surface area contributed by atoms with E-state index < -0.39 is 0 Å². The number of ether oxygens (including phenoxy) is 2. The molecule has 2 aromatic rings. The van der Waals surface area contributed by atoms with Gasteiger partial charge in [0.25, 0.3) is 0 Å². The van der Waals surface area contributed by atoms with E-state index >= 15 is 0 Å². The first kappa shape index (κ1) is 25.2. The highest BCUT2D eigenvalue weighted by Gasteiger charge is 2.41. The molecular formula is C26H36IN5O2. The number of hydrogen-bond donors (Lipinski definition) is 1. The molecule has 3 heterocycles. The molecule has 34 heavy (non-hydrogen) atoms. The number of likely N-dealkylation sites (tertiary alicyclic amines) is 1. The number of hydrogen-bond acceptors (Lipinski definition) is 5. The van der Waals surface area contributed by atoms with Crippen LogP contribution in [0.4, 0.5) is 5.69 Å². The summed E-state index contributed by atoms with van der Waals surface area (Å²) in [6, 6.07) is 20.0. The monoisotopic (exact) mass is 577 g/mol. The van der Waals surface area contributed by atoms with Crippen LogP contribution >= 0.6 is 24.0 Å². The van der Waals surface area contributed by atoms with E-state index in [1.165, 1.54) is 16.8 Å². The Kier molecular flexibility index (Phi) is 9.04. The van der Waals surface area contributed by atoms with Gasteiger partial charge >= 0.3 is 0 Å². The molecule has 0 aromatic heterocycles. The van der Waals surface area contributed by atoms with Crippen LogP contribution in [0.1, 0.15) is 11.1 Å². The van der Waals surface area contributed by atoms with Crippen LogP contribution in [-0.2, 0) is 22.6 Å². The smallest absolute Gasteiger partial charge is 0.194 e. The number of anilines is 1. The van der Waals surface area contributed by atoms with Gasteiger partial charge in [-0.15, -0.1) is 24.0 Å². The van der Waals surface area contributed by atoms with Crippen LogP contribution in [0.2, 0.25) is 0 Å². The van der Waals surface area contributed by atoms with Crippen molar-refractivity contribution in [2.24, 2.45) is 4.99 Å². The Bertz CT molecular complexity index is 921. The number of nitrogens with zero attached hydrogens (tertiary/aromatic N) is 4. The van der Waals surface area contributed by atoms with Crippen molar-refractivity contribution in [3.8, 4) is 0 Å². The van der Waals surface area contributed by atoms with Gasteiger partial charge in [-0.3, -0.25) is 9.89 Å². The van der Waals surface area contributed by atoms with Crippen LogP contribution in [0.15, 0.2) is 59.6 Å². The Morgan fingerprint density at radius 3 is 2.44 bits per heavy atom. The van der Waals surface area contributed by atoms with Crippen molar-refractivity contribution in [3.63, 3.8) is 0 Å². The second-order valence-corrected chi connectivity index (χ2v) is 9.00. The van der Waals surface area contributed by atoms with E-state index in [2.05, 4.69) is 79.6 Å². The summed E-state index contributed by atoms with van der Waals surface area (Å²) in [6.45, 7) is 8.87. The number of nitrogens with one attached hydrogen (secondary N) is 1. The first-order chi connectivity index (χ1) is 16.3. The van der Waals surface area contributed by atoms with Crippen LogP contribution in [0.3, 0.4) is 0 Å². The van der Waals surface area contributed by atoms with E-state index in [4.69, 9.17) is 9.47 Å². The Labute approximate surface area is 220 Å². The molecule has 3 aliphatic rings. The number of halogens is 1. The topological polar surface area (TPSA) is 52.6 Å². The Morgan fingerprint density at radius 2 is 1.71 bits per heavy atom. The van der Waals surface area contributed by atoms with Crippen molar-refractivity contribution in [2.45, 2.75) is 25.2 Å². The number of fused-ring (bicyclic) bond motifs is 1. The lowest BCUT2D eigenvalue weighted by Crippen LogP contribution is -2.50. The molecule has 0 radical (unpaired) electrons. The molecule has 5 rings (SSSR count). The molecule has 3 saturated heterocycles. The maximum absolute atomic E-state index is 6.15. The van der Waals surface area contributed by atoms with E-state index in [9.17, 15) is 0 Å². The quantitative estimate of drug-likeness (QED) is 0.335. The van der Waals surface area contributed by atoms with Crippen LogP contribution in [0, 0.1) is 0 Å². The number of benzene rings is 2. The Hall–Kier alpha value is -1.88. The maximum Gasteiger partial charge on any atom is 0.194 e. The van der Waals surface area contributed by atoms with E-state index in [1.54, 1.807) is 0 Å². The molecule has 0 aliphatic carbocycles. The van der Waals surface area contributed by atoms with Crippen molar-refractivity contribution < 1.29 is 9.47 Å². The molecule has 184 valence electrons. The fourth-order valence-electron chi connectivity index (χ4n) is 5.11. The molecule has 0 amide bonds. The molecule has 0 spiro atoms. The summed E-state index contributed by atoms with van der Waals surface area (Å²) in [5.41, 5.74) is 3.89. The van der Waals surface area contributed by atoms with Crippen molar-refractivity contribution in [3.05, 3.63) is 65.7 Å².